The standard InChI is InChI=1S/C19H25NO2/c1-15(21)10-6-4-3-5-7-11-16-14-19(22)17-12-8-9-13-18(17)20(16)2/h8-9,12-14H,3-7,10-11H2,1-2H3. The van der Waals surface area contributed by atoms with Gasteiger partial charge >= 0.3 is 0 Å². The number of hydrogen-bond acceptors (Lipinski definition) is 2. The third kappa shape index (κ3) is 4.30. The van der Waals surface area contributed by atoms with Crippen molar-refractivity contribution in [2.45, 2.75) is 51.9 Å². The summed E-state index contributed by atoms with van der Waals surface area (Å²) in [5, 5.41) is 0.790. The molecule has 2 rings (SSSR count). The molecule has 3 nitrogen and oxygen atoms in total. The maximum absolute atomic E-state index is 12.1. The van der Waals surface area contributed by atoms with Crippen LogP contribution >= 0.6 is 0 Å². The predicted octanol–water partition coefficient (Wildman–Crippen LogP) is 4.01. The van der Waals surface area contributed by atoms with E-state index >= 15 is 0 Å². The van der Waals surface area contributed by atoms with E-state index in [1.54, 1.807) is 13.0 Å². The number of para-hydroxylation sites is 1. The first-order valence-corrected chi connectivity index (χ1v) is 8.16. The molecule has 0 fully saturated rings. The molecule has 1 aromatic heterocycles. The van der Waals surface area contributed by atoms with Gasteiger partial charge in [-0.05, 0) is 38.3 Å². The van der Waals surface area contributed by atoms with Crippen LogP contribution in [0.1, 0.15) is 51.1 Å². The Morgan fingerprint density at radius 1 is 1.05 bits per heavy atom. The van der Waals surface area contributed by atoms with Crippen LogP contribution in [0.3, 0.4) is 0 Å². The van der Waals surface area contributed by atoms with Gasteiger partial charge in [0, 0.05) is 30.6 Å². The van der Waals surface area contributed by atoms with E-state index < -0.39 is 0 Å². The smallest absolute Gasteiger partial charge is 0.189 e. The lowest BCUT2D eigenvalue weighted by atomic mass is 10.1. The van der Waals surface area contributed by atoms with Gasteiger partial charge in [0.25, 0.3) is 0 Å². The van der Waals surface area contributed by atoms with Crippen molar-refractivity contribution >= 4 is 16.7 Å². The molecule has 0 radical (unpaired) electrons. The van der Waals surface area contributed by atoms with E-state index in [4.69, 9.17) is 0 Å². The fourth-order valence-electron chi connectivity index (χ4n) is 2.91. The van der Waals surface area contributed by atoms with Gasteiger partial charge in [-0.25, -0.2) is 0 Å². The largest absolute Gasteiger partial charge is 0.347 e. The Labute approximate surface area is 132 Å². The molecule has 0 atom stereocenters. The van der Waals surface area contributed by atoms with Gasteiger partial charge in [0.05, 0.1) is 5.52 Å². The summed E-state index contributed by atoms with van der Waals surface area (Å²) in [4.78, 5) is 23.0. The molecule has 0 amide bonds. The number of carbonyl (C=O) groups excluding carboxylic acids is 1. The third-order valence-corrected chi connectivity index (χ3v) is 4.22. The lowest BCUT2D eigenvalue weighted by molar-refractivity contribution is -0.117. The SMILES string of the molecule is CC(=O)CCCCCCCc1cc(=O)c2ccccc2n1C. The Hall–Kier alpha value is -1.90. The van der Waals surface area contributed by atoms with Gasteiger partial charge in [-0.15, -0.1) is 0 Å². The zero-order chi connectivity index (χ0) is 15.9. The number of benzene rings is 1. The first kappa shape index (κ1) is 16.5. The van der Waals surface area contributed by atoms with E-state index in [0.717, 1.165) is 55.1 Å². The maximum Gasteiger partial charge on any atom is 0.189 e. The minimum Gasteiger partial charge on any atom is -0.347 e. The molecule has 0 aliphatic carbocycles. The minimum absolute atomic E-state index is 0.116. The molecule has 0 saturated heterocycles. The number of Topliss-reactive ketones (excluding diaryl/α,β-unsaturated/α-hetero) is 1. The monoisotopic (exact) mass is 299 g/mol. The van der Waals surface area contributed by atoms with Gasteiger partial charge in [0.1, 0.15) is 5.78 Å². The van der Waals surface area contributed by atoms with Gasteiger partial charge in [0.15, 0.2) is 5.43 Å². The fourth-order valence-corrected chi connectivity index (χ4v) is 2.91. The van der Waals surface area contributed by atoms with Gasteiger partial charge in [0.2, 0.25) is 0 Å². The number of fused-ring (bicyclic) bond motifs is 1. The second-order valence-electron chi connectivity index (χ2n) is 6.05. The van der Waals surface area contributed by atoms with Crippen molar-refractivity contribution in [3.8, 4) is 0 Å². The third-order valence-electron chi connectivity index (χ3n) is 4.22. The average molecular weight is 299 g/mol. The molecule has 0 saturated carbocycles. The number of rotatable bonds is 8. The molecule has 22 heavy (non-hydrogen) atoms. The van der Waals surface area contributed by atoms with Crippen LogP contribution in [0.5, 0.6) is 0 Å². The first-order valence-electron chi connectivity index (χ1n) is 8.16. The number of unbranched alkanes of at least 4 members (excludes halogenated alkanes) is 4. The Morgan fingerprint density at radius 3 is 2.50 bits per heavy atom. The summed E-state index contributed by atoms with van der Waals surface area (Å²) in [6.07, 6.45) is 7.17. The Bertz CT molecular complexity index is 700. The van der Waals surface area contributed by atoms with Gasteiger partial charge in [-0.1, -0.05) is 31.4 Å². The molecule has 1 heterocycles. The van der Waals surface area contributed by atoms with Crippen LogP contribution in [0.2, 0.25) is 0 Å². The molecule has 118 valence electrons. The van der Waals surface area contributed by atoms with Crippen LogP contribution in [0.15, 0.2) is 35.1 Å². The molecule has 2 aromatic rings. The number of aryl methyl sites for hydroxylation is 2. The highest BCUT2D eigenvalue weighted by Gasteiger charge is 2.05. The summed E-state index contributed by atoms with van der Waals surface area (Å²) in [5.74, 6) is 0.283. The van der Waals surface area contributed by atoms with Crippen molar-refractivity contribution in [3.63, 3.8) is 0 Å². The van der Waals surface area contributed by atoms with Crippen LogP contribution in [-0.4, -0.2) is 10.4 Å². The number of nitrogens with zero attached hydrogens (tertiary/aromatic N) is 1. The lowest BCUT2D eigenvalue weighted by Gasteiger charge is -2.12. The molecular formula is C19H25NO2. The topological polar surface area (TPSA) is 39.1 Å². The number of pyridine rings is 1. The van der Waals surface area contributed by atoms with Gasteiger partial charge in [-0.2, -0.15) is 0 Å². The summed E-state index contributed by atoms with van der Waals surface area (Å²) in [5.41, 5.74) is 2.23. The normalized spacial score (nSPS) is 11.0. The molecule has 0 spiro atoms. The summed E-state index contributed by atoms with van der Waals surface area (Å²) in [6.45, 7) is 1.65. The van der Waals surface area contributed by atoms with Crippen molar-refractivity contribution in [1.82, 2.24) is 4.57 Å². The van der Waals surface area contributed by atoms with Gasteiger partial charge in [-0.3, -0.25) is 4.79 Å². The van der Waals surface area contributed by atoms with Crippen LogP contribution in [0.4, 0.5) is 0 Å². The highest BCUT2D eigenvalue weighted by Crippen LogP contribution is 2.14. The minimum atomic E-state index is 0.116. The van der Waals surface area contributed by atoms with E-state index in [0.29, 0.717) is 6.42 Å². The molecule has 0 aliphatic rings. The average Bonchev–Trinajstić information content (AvgIpc) is 2.50. The molecule has 0 aliphatic heterocycles. The Kier molecular flexibility index (Phi) is 5.93. The molecule has 0 N–H and O–H groups in total. The maximum atomic E-state index is 12.1. The molecule has 0 unspecified atom stereocenters. The highest BCUT2D eigenvalue weighted by molar-refractivity contribution is 5.79. The number of carbonyl (C=O) groups is 1. The predicted molar refractivity (Wildman–Crippen MR) is 91.3 cm³/mol. The van der Waals surface area contributed by atoms with Crippen LogP contribution in [0, 0.1) is 0 Å². The lowest BCUT2D eigenvalue weighted by Crippen LogP contribution is -2.11. The summed E-state index contributed by atoms with van der Waals surface area (Å²) < 4.78 is 2.13. The number of aromatic nitrogens is 1. The summed E-state index contributed by atoms with van der Waals surface area (Å²) in [7, 11) is 2.03. The van der Waals surface area contributed by atoms with E-state index in [2.05, 4.69) is 4.57 Å². The van der Waals surface area contributed by atoms with E-state index in [-0.39, 0.29) is 11.2 Å². The molecule has 3 heteroatoms. The molecular weight excluding hydrogens is 274 g/mol. The Balaban J connectivity index is 1.88. The highest BCUT2D eigenvalue weighted by atomic mass is 16.1. The summed E-state index contributed by atoms with van der Waals surface area (Å²) in [6, 6.07) is 9.54. The summed E-state index contributed by atoms with van der Waals surface area (Å²) >= 11 is 0. The number of ketones is 1. The van der Waals surface area contributed by atoms with Crippen molar-refractivity contribution in [2.75, 3.05) is 0 Å². The van der Waals surface area contributed by atoms with Crippen molar-refractivity contribution < 1.29 is 4.79 Å². The first-order chi connectivity index (χ1) is 10.6. The molecule has 1 aromatic carbocycles. The fraction of sp³-hybridized carbons (Fsp3) is 0.474. The van der Waals surface area contributed by atoms with E-state index in [9.17, 15) is 9.59 Å². The van der Waals surface area contributed by atoms with Crippen LogP contribution in [-0.2, 0) is 18.3 Å². The van der Waals surface area contributed by atoms with Crippen molar-refractivity contribution in [2.24, 2.45) is 7.05 Å². The molecule has 0 bridgehead atoms. The zero-order valence-corrected chi connectivity index (χ0v) is 13.6. The number of hydrogen-bond donors (Lipinski definition) is 0. The van der Waals surface area contributed by atoms with Crippen molar-refractivity contribution in [1.29, 1.82) is 0 Å². The second-order valence-corrected chi connectivity index (χ2v) is 6.05. The van der Waals surface area contributed by atoms with Crippen LogP contribution in [0.25, 0.3) is 10.9 Å². The van der Waals surface area contributed by atoms with Crippen molar-refractivity contribution in [3.05, 3.63) is 46.2 Å². The second kappa shape index (κ2) is 7.92. The van der Waals surface area contributed by atoms with E-state index in [1.807, 2.05) is 31.3 Å². The van der Waals surface area contributed by atoms with E-state index in [1.165, 1.54) is 0 Å². The quantitative estimate of drug-likeness (QED) is 0.691. The zero-order valence-electron chi connectivity index (χ0n) is 13.6. The van der Waals surface area contributed by atoms with Gasteiger partial charge < -0.3 is 9.36 Å². The van der Waals surface area contributed by atoms with Crippen LogP contribution < -0.4 is 5.43 Å². The Morgan fingerprint density at radius 2 is 1.73 bits per heavy atom.